The second-order valence-electron chi connectivity index (χ2n) is 3.50. The normalized spacial score (nSPS) is 19.8. The van der Waals surface area contributed by atoms with Crippen molar-refractivity contribution in [3.05, 3.63) is 20.1 Å². The number of halogens is 4. The summed E-state index contributed by atoms with van der Waals surface area (Å²) in [6, 6.07) is 0. The van der Waals surface area contributed by atoms with Gasteiger partial charge in [0, 0.05) is 13.1 Å². The first-order valence-electron chi connectivity index (χ1n) is 4.87. The first-order valence-corrected chi connectivity index (χ1v) is 6.38. The SMILES string of the molecule is CCCCN1CC(Cl)=C(Cl)C(Cl)=C(Cl)C1. The van der Waals surface area contributed by atoms with Crippen molar-refractivity contribution in [1.29, 1.82) is 0 Å². The number of nitrogens with zero attached hydrogens (tertiary/aromatic N) is 1. The van der Waals surface area contributed by atoms with Gasteiger partial charge in [0.1, 0.15) is 0 Å². The van der Waals surface area contributed by atoms with Crippen LogP contribution in [0.15, 0.2) is 20.1 Å². The van der Waals surface area contributed by atoms with Crippen LogP contribution in [0, 0.1) is 0 Å². The smallest absolute Gasteiger partial charge is 0.0762 e. The Morgan fingerprint density at radius 1 is 1.00 bits per heavy atom. The molecule has 0 N–H and O–H groups in total. The number of unbranched alkanes of at least 4 members (excludes halogenated alkanes) is 1. The van der Waals surface area contributed by atoms with Gasteiger partial charge in [-0.3, -0.25) is 4.90 Å². The van der Waals surface area contributed by atoms with Crippen molar-refractivity contribution in [2.75, 3.05) is 19.6 Å². The predicted molar refractivity (Wildman–Crippen MR) is 68.8 cm³/mol. The van der Waals surface area contributed by atoms with Crippen molar-refractivity contribution in [2.45, 2.75) is 19.8 Å². The van der Waals surface area contributed by atoms with Crippen molar-refractivity contribution >= 4 is 46.4 Å². The molecule has 1 heterocycles. The van der Waals surface area contributed by atoms with E-state index in [1.165, 1.54) is 0 Å². The molecule has 0 saturated carbocycles. The maximum absolute atomic E-state index is 6.03. The Kier molecular flexibility index (Phi) is 5.80. The monoisotopic (exact) mass is 287 g/mol. The van der Waals surface area contributed by atoms with Crippen molar-refractivity contribution in [3.63, 3.8) is 0 Å². The highest BCUT2D eigenvalue weighted by molar-refractivity contribution is 6.51. The Bertz CT molecular complexity index is 270. The molecule has 1 rings (SSSR count). The Morgan fingerprint density at radius 2 is 1.47 bits per heavy atom. The Hall–Kier alpha value is 0.600. The third kappa shape index (κ3) is 3.83. The van der Waals surface area contributed by atoms with Crippen LogP contribution in [-0.2, 0) is 0 Å². The summed E-state index contributed by atoms with van der Waals surface area (Å²) in [5.41, 5.74) is 0. The molecule has 0 aliphatic carbocycles. The van der Waals surface area contributed by atoms with Crippen LogP contribution in [0.5, 0.6) is 0 Å². The van der Waals surface area contributed by atoms with Crippen molar-refractivity contribution in [2.24, 2.45) is 0 Å². The minimum absolute atomic E-state index is 0.377. The molecule has 0 amide bonds. The summed E-state index contributed by atoms with van der Waals surface area (Å²) in [6.45, 7) is 4.34. The van der Waals surface area contributed by atoms with Gasteiger partial charge in [-0.1, -0.05) is 59.7 Å². The molecule has 0 unspecified atom stereocenters. The van der Waals surface area contributed by atoms with Crippen LogP contribution in [0.3, 0.4) is 0 Å². The van der Waals surface area contributed by atoms with Crippen LogP contribution in [-0.4, -0.2) is 24.5 Å². The third-order valence-corrected chi connectivity index (χ3v) is 3.96. The second-order valence-corrected chi connectivity index (χ2v) is 5.17. The Morgan fingerprint density at radius 3 is 1.87 bits per heavy atom. The highest BCUT2D eigenvalue weighted by atomic mass is 35.5. The quantitative estimate of drug-likeness (QED) is 0.740. The average molecular weight is 289 g/mol. The van der Waals surface area contributed by atoms with E-state index < -0.39 is 0 Å². The zero-order valence-electron chi connectivity index (χ0n) is 8.49. The highest BCUT2D eigenvalue weighted by Gasteiger charge is 2.19. The molecule has 5 heteroatoms. The predicted octanol–water partition coefficient (Wildman–Crippen LogP) is 4.48. The molecule has 0 atom stereocenters. The van der Waals surface area contributed by atoms with Crippen molar-refractivity contribution in [3.8, 4) is 0 Å². The minimum atomic E-state index is 0.377. The fourth-order valence-electron chi connectivity index (χ4n) is 1.37. The van der Waals surface area contributed by atoms with E-state index in [4.69, 9.17) is 46.4 Å². The van der Waals surface area contributed by atoms with E-state index in [-0.39, 0.29) is 0 Å². The average Bonchev–Trinajstić information content (AvgIpc) is 2.30. The van der Waals surface area contributed by atoms with E-state index in [1.807, 2.05) is 0 Å². The van der Waals surface area contributed by atoms with Gasteiger partial charge in [0.05, 0.1) is 20.1 Å². The highest BCUT2D eigenvalue weighted by Crippen LogP contribution is 2.33. The van der Waals surface area contributed by atoms with E-state index in [9.17, 15) is 0 Å². The van der Waals surface area contributed by atoms with Crippen LogP contribution in [0.25, 0.3) is 0 Å². The number of rotatable bonds is 3. The molecular weight excluding hydrogens is 276 g/mol. The van der Waals surface area contributed by atoms with Crippen LogP contribution in [0.1, 0.15) is 19.8 Å². The van der Waals surface area contributed by atoms with Gasteiger partial charge in [-0.2, -0.15) is 0 Å². The van der Waals surface area contributed by atoms with E-state index in [0.717, 1.165) is 19.4 Å². The van der Waals surface area contributed by atoms with Crippen molar-refractivity contribution in [1.82, 2.24) is 4.90 Å². The fraction of sp³-hybridized carbons (Fsp3) is 0.600. The lowest BCUT2D eigenvalue weighted by molar-refractivity contribution is 0.325. The number of hydrogen-bond acceptors (Lipinski definition) is 1. The second kappa shape index (κ2) is 6.36. The Balaban J connectivity index is 2.78. The maximum Gasteiger partial charge on any atom is 0.0762 e. The molecule has 0 bridgehead atoms. The molecule has 0 radical (unpaired) electrons. The van der Waals surface area contributed by atoms with E-state index >= 15 is 0 Å². The van der Waals surface area contributed by atoms with Crippen LogP contribution in [0.4, 0.5) is 0 Å². The molecule has 0 spiro atoms. The summed E-state index contributed by atoms with van der Waals surface area (Å²) in [6.07, 6.45) is 2.25. The summed E-state index contributed by atoms with van der Waals surface area (Å²) < 4.78 is 0. The summed E-state index contributed by atoms with van der Waals surface area (Å²) >= 11 is 24.0. The van der Waals surface area contributed by atoms with Crippen molar-refractivity contribution < 1.29 is 0 Å². The maximum atomic E-state index is 6.03. The van der Waals surface area contributed by atoms with Gasteiger partial charge in [0.2, 0.25) is 0 Å². The standard InChI is InChI=1S/C10H13Cl4N/c1-2-3-4-15-5-7(11)9(13)10(14)8(12)6-15/h2-6H2,1H3. The summed E-state index contributed by atoms with van der Waals surface area (Å²) in [5, 5.41) is 1.88. The largest absolute Gasteiger partial charge is 0.293 e. The summed E-state index contributed by atoms with van der Waals surface area (Å²) in [5.74, 6) is 0. The molecule has 0 aromatic heterocycles. The van der Waals surface area contributed by atoms with Gasteiger partial charge in [-0.25, -0.2) is 0 Å². The number of hydrogen-bond donors (Lipinski definition) is 0. The van der Waals surface area contributed by atoms with E-state index in [1.54, 1.807) is 0 Å². The first kappa shape index (κ1) is 13.7. The zero-order valence-corrected chi connectivity index (χ0v) is 11.5. The molecule has 0 fully saturated rings. The lowest BCUT2D eigenvalue weighted by Crippen LogP contribution is -2.26. The van der Waals surface area contributed by atoms with Crippen LogP contribution < -0.4 is 0 Å². The molecule has 1 aliphatic heterocycles. The molecule has 0 aromatic rings. The van der Waals surface area contributed by atoms with E-state index in [0.29, 0.717) is 33.2 Å². The fourth-order valence-corrected chi connectivity index (χ4v) is 2.34. The Labute approximate surface area is 111 Å². The van der Waals surface area contributed by atoms with Gasteiger partial charge in [0.15, 0.2) is 0 Å². The first-order chi connectivity index (χ1) is 7.06. The molecule has 1 nitrogen and oxygen atoms in total. The molecule has 0 saturated heterocycles. The van der Waals surface area contributed by atoms with Crippen LogP contribution in [0.2, 0.25) is 0 Å². The van der Waals surface area contributed by atoms with Crippen LogP contribution >= 0.6 is 46.4 Å². The zero-order chi connectivity index (χ0) is 11.4. The summed E-state index contributed by atoms with van der Waals surface area (Å²) in [4.78, 5) is 2.14. The van der Waals surface area contributed by atoms with Gasteiger partial charge >= 0.3 is 0 Å². The molecular formula is C10H13Cl4N. The van der Waals surface area contributed by atoms with Gasteiger partial charge in [-0.05, 0) is 13.0 Å². The lowest BCUT2D eigenvalue weighted by atomic mass is 10.3. The lowest BCUT2D eigenvalue weighted by Gasteiger charge is -2.19. The molecule has 0 aromatic carbocycles. The number of allylic oxidation sites excluding steroid dienone is 2. The molecule has 86 valence electrons. The minimum Gasteiger partial charge on any atom is -0.293 e. The third-order valence-electron chi connectivity index (χ3n) is 2.22. The van der Waals surface area contributed by atoms with Gasteiger partial charge in [-0.15, -0.1) is 0 Å². The van der Waals surface area contributed by atoms with Gasteiger partial charge < -0.3 is 0 Å². The molecule has 1 aliphatic rings. The molecule has 15 heavy (non-hydrogen) atoms. The van der Waals surface area contributed by atoms with E-state index in [2.05, 4.69) is 11.8 Å². The summed E-state index contributed by atoms with van der Waals surface area (Å²) in [7, 11) is 0. The van der Waals surface area contributed by atoms with Gasteiger partial charge in [0.25, 0.3) is 0 Å². The topological polar surface area (TPSA) is 3.24 Å².